The molecule has 1 aromatic carbocycles. The zero-order valence-electron chi connectivity index (χ0n) is 14.8. The fourth-order valence-corrected chi connectivity index (χ4v) is 3.14. The normalized spacial score (nSPS) is 16.4. The molecule has 24 heavy (non-hydrogen) atoms. The van der Waals surface area contributed by atoms with E-state index in [0.717, 1.165) is 44.3 Å². The number of nitrogens with zero attached hydrogens (tertiary/aromatic N) is 1. The molecule has 132 valence electrons. The van der Waals surface area contributed by atoms with Gasteiger partial charge in [-0.2, -0.15) is 0 Å². The zero-order valence-corrected chi connectivity index (χ0v) is 14.8. The summed E-state index contributed by atoms with van der Waals surface area (Å²) < 4.78 is 0. The number of carbonyl (C=O) groups excluding carboxylic acids is 2. The van der Waals surface area contributed by atoms with Gasteiger partial charge >= 0.3 is 6.03 Å². The third-order valence-corrected chi connectivity index (χ3v) is 4.56. The molecule has 2 rings (SSSR count). The van der Waals surface area contributed by atoms with Gasteiger partial charge in [-0.25, -0.2) is 4.79 Å². The largest absolute Gasteiger partial charge is 0.343 e. The van der Waals surface area contributed by atoms with E-state index in [1.165, 1.54) is 5.56 Å². The van der Waals surface area contributed by atoms with Gasteiger partial charge in [0.25, 0.3) is 0 Å². The summed E-state index contributed by atoms with van der Waals surface area (Å²) >= 11 is 0. The molecule has 2 N–H and O–H groups in total. The van der Waals surface area contributed by atoms with Gasteiger partial charge < -0.3 is 15.5 Å². The molecule has 0 saturated carbocycles. The molecular weight excluding hydrogens is 302 g/mol. The minimum atomic E-state index is -0.159. The number of urea groups is 1. The second-order valence-electron chi connectivity index (χ2n) is 6.52. The minimum absolute atomic E-state index is 0.0293. The van der Waals surface area contributed by atoms with Crippen LogP contribution in [0.5, 0.6) is 0 Å². The lowest BCUT2D eigenvalue weighted by molar-refractivity contribution is -0.130. The van der Waals surface area contributed by atoms with Gasteiger partial charge in [0.15, 0.2) is 0 Å². The molecule has 0 aliphatic carbocycles. The number of likely N-dealkylation sites (tertiary alicyclic amines) is 1. The average molecular weight is 331 g/mol. The van der Waals surface area contributed by atoms with Crippen LogP contribution < -0.4 is 10.6 Å². The quantitative estimate of drug-likeness (QED) is 0.787. The third kappa shape index (κ3) is 5.55. The van der Waals surface area contributed by atoms with E-state index < -0.39 is 0 Å². The number of hydrogen-bond donors (Lipinski definition) is 2. The van der Waals surface area contributed by atoms with Crippen LogP contribution in [-0.4, -0.2) is 36.5 Å². The number of amides is 3. The maximum atomic E-state index is 12.0. The summed E-state index contributed by atoms with van der Waals surface area (Å²) in [6.07, 6.45) is 4.69. The van der Waals surface area contributed by atoms with E-state index in [4.69, 9.17) is 0 Å². The topological polar surface area (TPSA) is 61.4 Å². The van der Waals surface area contributed by atoms with Crippen LogP contribution in [0.3, 0.4) is 0 Å². The predicted octanol–water partition coefficient (Wildman–Crippen LogP) is 3.15. The first kappa shape index (κ1) is 18.3. The monoisotopic (exact) mass is 331 g/mol. The van der Waals surface area contributed by atoms with E-state index in [0.29, 0.717) is 13.0 Å². The molecule has 1 saturated heterocycles. The Morgan fingerprint density at radius 1 is 1.25 bits per heavy atom. The summed E-state index contributed by atoms with van der Waals surface area (Å²) in [4.78, 5) is 25.8. The number of hydrogen-bond acceptors (Lipinski definition) is 2. The molecule has 0 radical (unpaired) electrons. The van der Waals surface area contributed by atoms with Crippen molar-refractivity contribution in [3.05, 3.63) is 35.4 Å². The summed E-state index contributed by atoms with van der Waals surface area (Å²) in [6, 6.07) is 7.87. The Morgan fingerprint density at radius 2 is 2.04 bits per heavy atom. The highest BCUT2D eigenvalue weighted by molar-refractivity contribution is 5.76. The van der Waals surface area contributed by atoms with Gasteiger partial charge in [0.1, 0.15) is 0 Å². The van der Waals surface area contributed by atoms with Crippen molar-refractivity contribution in [3.8, 4) is 0 Å². The van der Waals surface area contributed by atoms with E-state index in [2.05, 4.69) is 10.6 Å². The van der Waals surface area contributed by atoms with E-state index in [1.807, 2.05) is 43.0 Å². The molecule has 1 heterocycles. The van der Waals surface area contributed by atoms with E-state index in [-0.39, 0.29) is 18.0 Å². The van der Waals surface area contributed by atoms with E-state index >= 15 is 0 Å². The molecule has 0 bridgehead atoms. The standard InChI is InChI=1S/C19H29N3O2/c1-15-9-5-6-10-17(15)16(2)21-19(24)20-12-8-14-22-13-7-3-4-11-18(22)23/h5-6,9-10,16H,3-4,7-8,11-14H2,1-2H3,(H2,20,21,24). The fourth-order valence-electron chi connectivity index (χ4n) is 3.14. The second-order valence-corrected chi connectivity index (χ2v) is 6.52. The van der Waals surface area contributed by atoms with Crippen LogP contribution in [0.1, 0.15) is 56.2 Å². The number of benzene rings is 1. The Morgan fingerprint density at radius 3 is 2.83 bits per heavy atom. The maximum absolute atomic E-state index is 12.0. The highest BCUT2D eigenvalue weighted by atomic mass is 16.2. The Hall–Kier alpha value is -2.04. The molecule has 3 amide bonds. The van der Waals surface area contributed by atoms with Gasteiger partial charge in [-0.05, 0) is 44.2 Å². The van der Waals surface area contributed by atoms with Crippen LogP contribution in [0.15, 0.2) is 24.3 Å². The van der Waals surface area contributed by atoms with Crippen molar-refractivity contribution in [2.24, 2.45) is 0 Å². The Kier molecular flexibility index (Phi) is 7.09. The first-order chi connectivity index (χ1) is 11.6. The summed E-state index contributed by atoms with van der Waals surface area (Å²) in [6.45, 7) is 6.19. The van der Waals surface area contributed by atoms with Crippen LogP contribution in [-0.2, 0) is 4.79 Å². The summed E-state index contributed by atoms with van der Waals surface area (Å²) in [5, 5.41) is 5.85. The highest BCUT2D eigenvalue weighted by Gasteiger charge is 2.16. The number of rotatable bonds is 6. The Labute approximate surface area is 144 Å². The molecule has 1 unspecified atom stereocenters. The van der Waals surface area contributed by atoms with Crippen LogP contribution in [0, 0.1) is 6.92 Å². The lowest BCUT2D eigenvalue weighted by Crippen LogP contribution is -2.39. The molecule has 5 heteroatoms. The Balaban J connectivity index is 1.68. The summed E-state index contributed by atoms with van der Waals surface area (Å²) in [5.41, 5.74) is 2.30. The second kappa shape index (κ2) is 9.30. The van der Waals surface area contributed by atoms with Gasteiger partial charge in [0, 0.05) is 26.1 Å². The molecule has 0 aromatic heterocycles. The van der Waals surface area contributed by atoms with E-state index in [9.17, 15) is 9.59 Å². The Bertz CT molecular complexity index is 559. The zero-order chi connectivity index (χ0) is 17.4. The molecule has 1 atom stereocenters. The van der Waals surface area contributed by atoms with Crippen LogP contribution in [0.25, 0.3) is 0 Å². The third-order valence-electron chi connectivity index (χ3n) is 4.56. The van der Waals surface area contributed by atoms with Crippen LogP contribution in [0.2, 0.25) is 0 Å². The van der Waals surface area contributed by atoms with E-state index in [1.54, 1.807) is 0 Å². The van der Waals surface area contributed by atoms with Crippen molar-refractivity contribution in [1.29, 1.82) is 0 Å². The van der Waals surface area contributed by atoms with Crippen molar-refractivity contribution in [2.45, 2.75) is 52.0 Å². The first-order valence-electron chi connectivity index (χ1n) is 8.95. The molecule has 5 nitrogen and oxygen atoms in total. The van der Waals surface area contributed by atoms with Crippen molar-refractivity contribution >= 4 is 11.9 Å². The molecule has 0 spiro atoms. The number of carbonyl (C=O) groups is 2. The van der Waals surface area contributed by atoms with Crippen LogP contribution >= 0.6 is 0 Å². The summed E-state index contributed by atoms with van der Waals surface area (Å²) in [7, 11) is 0. The van der Waals surface area contributed by atoms with Crippen LogP contribution in [0.4, 0.5) is 4.79 Å². The first-order valence-corrected chi connectivity index (χ1v) is 8.95. The predicted molar refractivity (Wildman–Crippen MR) is 95.8 cm³/mol. The van der Waals surface area contributed by atoms with Gasteiger partial charge in [0.2, 0.25) is 5.91 Å². The summed E-state index contributed by atoms with van der Waals surface area (Å²) in [5.74, 6) is 0.255. The lowest BCUT2D eigenvalue weighted by atomic mass is 10.0. The lowest BCUT2D eigenvalue weighted by Gasteiger charge is -2.21. The van der Waals surface area contributed by atoms with Crippen molar-refractivity contribution in [2.75, 3.05) is 19.6 Å². The molecule has 1 aromatic rings. The maximum Gasteiger partial charge on any atom is 0.315 e. The van der Waals surface area contributed by atoms with Crippen molar-refractivity contribution < 1.29 is 9.59 Å². The minimum Gasteiger partial charge on any atom is -0.343 e. The van der Waals surface area contributed by atoms with Crippen molar-refractivity contribution in [3.63, 3.8) is 0 Å². The highest BCUT2D eigenvalue weighted by Crippen LogP contribution is 2.16. The molecular formula is C19H29N3O2. The smallest absolute Gasteiger partial charge is 0.315 e. The van der Waals surface area contributed by atoms with Gasteiger partial charge in [-0.3, -0.25) is 4.79 Å². The van der Waals surface area contributed by atoms with Gasteiger partial charge in [-0.1, -0.05) is 30.7 Å². The molecule has 1 aliphatic rings. The molecule has 1 fully saturated rings. The fraction of sp³-hybridized carbons (Fsp3) is 0.579. The average Bonchev–Trinajstić information content (AvgIpc) is 2.76. The number of nitrogens with one attached hydrogen (secondary N) is 2. The number of aryl methyl sites for hydroxylation is 1. The van der Waals surface area contributed by atoms with Crippen molar-refractivity contribution in [1.82, 2.24) is 15.5 Å². The SMILES string of the molecule is Cc1ccccc1C(C)NC(=O)NCCCN1CCCCCC1=O. The molecule has 1 aliphatic heterocycles. The van der Waals surface area contributed by atoms with Gasteiger partial charge in [0.05, 0.1) is 6.04 Å². The van der Waals surface area contributed by atoms with Gasteiger partial charge in [-0.15, -0.1) is 0 Å².